The Bertz CT molecular complexity index is 871. The summed E-state index contributed by atoms with van der Waals surface area (Å²) in [5.74, 6) is -0.124. The number of amides is 1. The molecule has 4 nitrogen and oxygen atoms in total. The maximum Gasteiger partial charge on any atom is 0.244 e. The molecule has 1 heterocycles. The average Bonchev–Trinajstić information content (AvgIpc) is 2.91. The number of halogens is 1. The van der Waals surface area contributed by atoms with E-state index in [0.29, 0.717) is 5.02 Å². The van der Waals surface area contributed by atoms with Crippen molar-refractivity contribution in [2.75, 3.05) is 5.32 Å². The van der Waals surface area contributed by atoms with E-state index in [1.165, 1.54) is 0 Å². The molecule has 1 aromatic heterocycles. The zero-order chi connectivity index (χ0) is 16.4. The van der Waals surface area contributed by atoms with Gasteiger partial charge in [0.15, 0.2) is 0 Å². The van der Waals surface area contributed by atoms with Crippen LogP contribution in [0, 0.1) is 6.92 Å². The number of nitrogens with zero attached hydrogens (tertiary/aromatic N) is 1. The molecular weight excluding hydrogens is 312 g/mol. The lowest BCUT2D eigenvalue weighted by Gasteiger charge is -2.11. The van der Waals surface area contributed by atoms with Crippen molar-refractivity contribution in [1.82, 2.24) is 4.57 Å². The number of aliphatic hydroxyl groups excluding tert-OH is 1. The van der Waals surface area contributed by atoms with Crippen LogP contribution in [0.3, 0.4) is 0 Å². The Hall–Kier alpha value is -2.30. The summed E-state index contributed by atoms with van der Waals surface area (Å²) in [5, 5.41) is 13.8. The van der Waals surface area contributed by atoms with Crippen LogP contribution in [0.4, 0.5) is 5.69 Å². The molecule has 2 aromatic carbocycles. The van der Waals surface area contributed by atoms with Crippen LogP contribution >= 0.6 is 11.6 Å². The van der Waals surface area contributed by atoms with Gasteiger partial charge >= 0.3 is 0 Å². The number of anilines is 1. The van der Waals surface area contributed by atoms with Crippen LogP contribution in [0.5, 0.6) is 0 Å². The quantitative estimate of drug-likeness (QED) is 0.766. The second-order valence-electron chi connectivity index (χ2n) is 5.50. The van der Waals surface area contributed by atoms with Gasteiger partial charge in [0, 0.05) is 22.4 Å². The van der Waals surface area contributed by atoms with Gasteiger partial charge in [-0.2, -0.15) is 0 Å². The largest absolute Gasteiger partial charge is 0.392 e. The van der Waals surface area contributed by atoms with E-state index in [0.717, 1.165) is 27.7 Å². The first-order valence-electron chi connectivity index (χ1n) is 7.31. The highest BCUT2D eigenvalue weighted by Crippen LogP contribution is 2.21. The van der Waals surface area contributed by atoms with Gasteiger partial charge in [-0.25, -0.2) is 0 Å². The third-order valence-corrected chi connectivity index (χ3v) is 4.04. The highest BCUT2D eigenvalue weighted by atomic mass is 35.5. The number of rotatable bonds is 4. The molecular formula is C18H17ClN2O2. The summed E-state index contributed by atoms with van der Waals surface area (Å²) in [4.78, 5) is 12.3. The molecule has 0 atom stereocenters. The van der Waals surface area contributed by atoms with Crippen LogP contribution in [-0.2, 0) is 17.9 Å². The number of aliphatic hydroxyl groups is 1. The minimum Gasteiger partial charge on any atom is -0.392 e. The van der Waals surface area contributed by atoms with Crippen LogP contribution in [-0.4, -0.2) is 15.6 Å². The number of nitrogens with one attached hydrogen (secondary N) is 1. The summed E-state index contributed by atoms with van der Waals surface area (Å²) < 4.78 is 1.86. The van der Waals surface area contributed by atoms with Gasteiger partial charge in [-0.05, 0) is 47.7 Å². The zero-order valence-corrected chi connectivity index (χ0v) is 13.5. The summed E-state index contributed by atoms with van der Waals surface area (Å²) in [6.07, 6.45) is 1.87. The molecule has 0 spiro atoms. The summed E-state index contributed by atoms with van der Waals surface area (Å²) in [5.41, 5.74) is 3.37. The lowest BCUT2D eigenvalue weighted by atomic mass is 10.1. The molecule has 2 N–H and O–H groups in total. The fourth-order valence-corrected chi connectivity index (χ4v) is 2.71. The molecule has 3 rings (SSSR count). The number of hydrogen-bond acceptors (Lipinski definition) is 2. The van der Waals surface area contributed by atoms with Gasteiger partial charge in [-0.1, -0.05) is 29.8 Å². The van der Waals surface area contributed by atoms with Crippen molar-refractivity contribution in [3.05, 3.63) is 64.8 Å². The molecule has 23 heavy (non-hydrogen) atoms. The van der Waals surface area contributed by atoms with E-state index in [-0.39, 0.29) is 19.1 Å². The van der Waals surface area contributed by atoms with E-state index in [1.807, 2.05) is 54.1 Å². The van der Waals surface area contributed by atoms with E-state index in [4.69, 9.17) is 11.6 Å². The van der Waals surface area contributed by atoms with Crippen LogP contribution < -0.4 is 5.32 Å². The highest BCUT2D eigenvalue weighted by Gasteiger charge is 2.09. The first-order chi connectivity index (χ1) is 11.1. The van der Waals surface area contributed by atoms with Crippen LogP contribution in [0.25, 0.3) is 10.9 Å². The number of carbonyl (C=O) groups is 1. The van der Waals surface area contributed by atoms with E-state index in [2.05, 4.69) is 5.32 Å². The fourth-order valence-electron chi connectivity index (χ4n) is 2.54. The molecule has 1 amide bonds. The number of fused-ring (bicyclic) bond motifs is 1. The minimum absolute atomic E-state index is 0.0517. The van der Waals surface area contributed by atoms with Crippen LogP contribution in [0.15, 0.2) is 48.7 Å². The van der Waals surface area contributed by atoms with Crippen molar-refractivity contribution in [2.24, 2.45) is 0 Å². The molecule has 0 aliphatic heterocycles. The van der Waals surface area contributed by atoms with Gasteiger partial charge in [0.1, 0.15) is 6.54 Å². The predicted octanol–water partition coefficient (Wildman–Crippen LogP) is 3.73. The third kappa shape index (κ3) is 3.38. The molecule has 0 radical (unpaired) electrons. The van der Waals surface area contributed by atoms with Crippen molar-refractivity contribution < 1.29 is 9.90 Å². The number of carbonyl (C=O) groups excluding carboxylic acids is 1. The Morgan fingerprint density at radius 1 is 1.22 bits per heavy atom. The average molecular weight is 329 g/mol. The topological polar surface area (TPSA) is 54.3 Å². The SMILES string of the molecule is Cc1ccc(CO)cc1NC(=O)Cn1ccc2ccc(Cl)cc21. The fraction of sp³-hybridized carbons (Fsp3) is 0.167. The van der Waals surface area contributed by atoms with Gasteiger partial charge in [-0.15, -0.1) is 0 Å². The Morgan fingerprint density at radius 2 is 2.04 bits per heavy atom. The lowest BCUT2D eigenvalue weighted by molar-refractivity contribution is -0.116. The molecule has 5 heteroatoms. The van der Waals surface area contributed by atoms with Gasteiger partial charge in [-0.3, -0.25) is 4.79 Å². The molecule has 118 valence electrons. The minimum atomic E-state index is -0.124. The number of benzene rings is 2. The predicted molar refractivity (Wildman–Crippen MR) is 92.7 cm³/mol. The Balaban J connectivity index is 1.80. The van der Waals surface area contributed by atoms with Crippen molar-refractivity contribution in [3.8, 4) is 0 Å². The van der Waals surface area contributed by atoms with Gasteiger partial charge in [0.2, 0.25) is 5.91 Å². The molecule has 0 aliphatic rings. The van der Waals surface area contributed by atoms with E-state index in [1.54, 1.807) is 6.07 Å². The molecule has 0 saturated carbocycles. The van der Waals surface area contributed by atoms with Gasteiger partial charge < -0.3 is 15.0 Å². The van der Waals surface area contributed by atoms with E-state index >= 15 is 0 Å². The molecule has 0 aliphatic carbocycles. The summed E-state index contributed by atoms with van der Waals surface area (Å²) in [6, 6.07) is 13.1. The Morgan fingerprint density at radius 3 is 2.83 bits per heavy atom. The van der Waals surface area contributed by atoms with Crippen molar-refractivity contribution in [1.29, 1.82) is 0 Å². The normalized spacial score (nSPS) is 10.9. The molecule has 0 saturated heterocycles. The van der Waals surface area contributed by atoms with E-state index in [9.17, 15) is 9.90 Å². The Labute approximate surface area is 139 Å². The van der Waals surface area contributed by atoms with Crippen molar-refractivity contribution >= 4 is 34.1 Å². The highest BCUT2D eigenvalue weighted by molar-refractivity contribution is 6.31. The molecule has 0 bridgehead atoms. The Kier molecular flexibility index (Phi) is 4.37. The first-order valence-corrected chi connectivity index (χ1v) is 7.69. The van der Waals surface area contributed by atoms with Crippen LogP contribution in [0.2, 0.25) is 5.02 Å². The van der Waals surface area contributed by atoms with Crippen LogP contribution in [0.1, 0.15) is 11.1 Å². The summed E-state index contributed by atoms with van der Waals surface area (Å²) in [6.45, 7) is 2.07. The zero-order valence-electron chi connectivity index (χ0n) is 12.7. The summed E-state index contributed by atoms with van der Waals surface area (Å²) in [7, 11) is 0. The second-order valence-corrected chi connectivity index (χ2v) is 5.94. The number of aromatic nitrogens is 1. The smallest absolute Gasteiger partial charge is 0.244 e. The molecule has 0 fully saturated rings. The third-order valence-electron chi connectivity index (χ3n) is 3.81. The number of hydrogen-bond donors (Lipinski definition) is 2. The van der Waals surface area contributed by atoms with Gasteiger partial charge in [0.25, 0.3) is 0 Å². The van der Waals surface area contributed by atoms with Crippen molar-refractivity contribution in [3.63, 3.8) is 0 Å². The standard InChI is InChI=1S/C18H17ClN2O2/c1-12-2-3-13(11-22)8-16(12)20-18(23)10-21-7-6-14-4-5-15(19)9-17(14)21/h2-9,22H,10-11H2,1H3,(H,20,23). The van der Waals surface area contributed by atoms with Gasteiger partial charge in [0.05, 0.1) is 6.61 Å². The maximum atomic E-state index is 12.3. The first kappa shape index (κ1) is 15.6. The monoisotopic (exact) mass is 328 g/mol. The molecule has 3 aromatic rings. The summed E-state index contributed by atoms with van der Waals surface area (Å²) >= 11 is 6.03. The van der Waals surface area contributed by atoms with Crippen molar-refractivity contribution in [2.45, 2.75) is 20.1 Å². The van der Waals surface area contributed by atoms with E-state index < -0.39 is 0 Å². The second kappa shape index (κ2) is 6.44. The lowest BCUT2D eigenvalue weighted by Crippen LogP contribution is -2.18. The molecule has 0 unspecified atom stereocenters. The number of aryl methyl sites for hydroxylation is 1. The maximum absolute atomic E-state index is 12.3.